The predicted octanol–water partition coefficient (Wildman–Crippen LogP) is 2.72. The van der Waals surface area contributed by atoms with E-state index in [1.54, 1.807) is 13.0 Å². The van der Waals surface area contributed by atoms with Gasteiger partial charge < -0.3 is 10.3 Å². The van der Waals surface area contributed by atoms with Crippen molar-refractivity contribution < 1.29 is 13.7 Å². The molecule has 0 unspecified atom stereocenters. The molecule has 1 amide bonds. The Morgan fingerprint density at radius 3 is 2.83 bits per heavy atom. The van der Waals surface area contributed by atoms with Crippen molar-refractivity contribution in [1.82, 2.24) is 5.16 Å². The smallest absolute Gasteiger partial charge is 0.259 e. The van der Waals surface area contributed by atoms with Crippen LogP contribution in [0.25, 0.3) is 0 Å². The largest absolute Gasteiger partial charge is 0.396 e. The zero-order valence-electron chi connectivity index (χ0n) is 9.33. The van der Waals surface area contributed by atoms with E-state index in [1.807, 2.05) is 0 Å². The molecular weight excluding hydrogens is 305 g/mol. The average molecular weight is 314 g/mol. The van der Waals surface area contributed by atoms with Crippen LogP contribution in [-0.4, -0.2) is 11.1 Å². The summed E-state index contributed by atoms with van der Waals surface area (Å²) in [6, 6.07) is 3.95. The molecule has 2 aromatic rings. The first kappa shape index (κ1) is 12.6. The highest BCUT2D eigenvalue weighted by molar-refractivity contribution is 9.10. The van der Waals surface area contributed by atoms with Crippen molar-refractivity contribution >= 4 is 33.4 Å². The molecule has 0 atom stereocenters. The van der Waals surface area contributed by atoms with E-state index in [9.17, 15) is 9.18 Å². The monoisotopic (exact) mass is 313 g/mol. The first-order chi connectivity index (χ1) is 8.47. The van der Waals surface area contributed by atoms with Crippen LogP contribution in [0.5, 0.6) is 0 Å². The molecule has 0 spiro atoms. The maximum Gasteiger partial charge on any atom is 0.259 e. The van der Waals surface area contributed by atoms with Crippen molar-refractivity contribution in [2.24, 2.45) is 0 Å². The summed E-state index contributed by atoms with van der Waals surface area (Å²) in [5.74, 6) is -0.842. The van der Waals surface area contributed by atoms with Crippen molar-refractivity contribution in [2.75, 3.05) is 11.1 Å². The fourth-order valence-corrected chi connectivity index (χ4v) is 1.84. The number of halogens is 2. The van der Waals surface area contributed by atoms with Crippen molar-refractivity contribution in [3.8, 4) is 0 Å². The standard InChI is InChI=1S/C11H9BrFN3O2/c1-5-2-10(18-16-5)15-11(17)6-3-9(14)8(13)4-7(6)12/h2-4H,14H2,1H3,(H,15,17). The molecule has 94 valence electrons. The van der Waals surface area contributed by atoms with Gasteiger partial charge in [0.15, 0.2) is 0 Å². The SMILES string of the molecule is Cc1cc(NC(=O)c2cc(N)c(F)cc2Br)on1. The first-order valence-corrected chi connectivity index (χ1v) is 5.76. The molecule has 5 nitrogen and oxygen atoms in total. The minimum Gasteiger partial charge on any atom is -0.396 e. The molecule has 3 N–H and O–H groups in total. The molecule has 7 heteroatoms. The lowest BCUT2D eigenvalue weighted by Gasteiger charge is -2.06. The van der Waals surface area contributed by atoms with Crippen molar-refractivity contribution in [1.29, 1.82) is 0 Å². The van der Waals surface area contributed by atoms with Crippen LogP contribution < -0.4 is 11.1 Å². The topological polar surface area (TPSA) is 81.2 Å². The number of hydrogen-bond donors (Lipinski definition) is 2. The summed E-state index contributed by atoms with van der Waals surface area (Å²) < 4.78 is 18.3. The van der Waals surface area contributed by atoms with Crippen molar-refractivity contribution in [2.45, 2.75) is 6.92 Å². The summed E-state index contributed by atoms with van der Waals surface area (Å²) >= 11 is 3.10. The maximum absolute atomic E-state index is 13.1. The van der Waals surface area contributed by atoms with Gasteiger partial charge >= 0.3 is 0 Å². The van der Waals surface area contributed by atoms with Gasteiger partial charge in [0.2, 0.25) is 5.88 Å². The van der Waals surface area contributed by atoms with Crippen LogP contribution >= 0.6 is 15.9 Å². The second-order valence-corrected chi connectivity index (χ2v) is 4.49. The number of hydrogen-bond acceptors (Lipinski definition) is 4. The second-order valence-electron chi connectivity index (χ2n) is 3.64. The normalized spacial score (nSPS) is 10.4. The number of anilines is 2. The van der Waals surface area contributed by atoms with Gasteiger partial charge in [0, 0.05) is 10.5 Å². The van der Waals surface area contributed by atoms with E-state index in [1.165, 1.54) is 6.07 Å². The third-order valence-corrected chi connectivity index (χ3v) is 2.85. The Balaban J connectivity index is 2.26. The van der Waals surface area contributed by atoms with Crippen LogP contribution in [-0.2, 0) is 0 Å². The number of amides is 1. The highest BCUT2D eigenvalue weighted by Gasteiger charge is 2.15. The Kier molecular flexibility index (Phi) is 3.33. The number of carbonyl (C=O) groups excluding carboxylic acids is 1. The van der Waals surface area contributed by atoms with E-state index >= 15 is 0 Å². The summed E-state index contributed by atoms with van der Waals surface area (Å²) in [5.41, 5.74) is 6.17. The van der Waals surface area contributed by atoms with Gasteiger partial charge in [-0.1, -0.05) is 5.16 Å². The summed E-state index contributed by atoms with van der Waals surface area (Å²) in [6.07, 6.45) is 0. The number of aryl methyl sites for hydroxylation is 1. The van der Waals surface area contributed by atoms with Crippen molar-refractivity contribution in [3.63, 3.8) is 0 Å². The lowest BCUT2D eigenvalue weighted by Crippen LogP contribution is -2.13. The molecule has 1 aromatic heterocycles. The van der Waals surface area contributed by atoms with Crippen LogP contribution in [0, 0.1) is 12.7 Å². The summed E-state index contributed by atoms with van der Waals surface area (Å²) in [6.45, 7) is 1.73. The molecule has 1 heterocycles. The third kappa shape index (κ3) is 2.51. The van der Waals surface area contributed by atoms with Crippen LogP contribution in [0.15, 0.2) is 27.2 Å². The van der Waals surface area contributed by atoms with Gasteiger partial charge in [0.25, 0.3) is 5.91 Å². The molecule has 0 saturated carbocycles. The zero-order chi connectivity index (χ0) is 13.3. The van der Waals surface area contributed by atoms with E-state index in [4.69, 9.17) is 10.3 Å². The number of benzene rings is 1. The zero-order valence-corrected chi connectivity index (χ0v) is 10.9. The minimum atomic E-state index is -0.589. The van der Waals surface area contributed by atoms with Crippen molar-refractivity contribution in [3.05, 3.63) is 39.7 Å². The molecule has 0 saturated heterocycles. The highest BCUT2D eigenvalue weighted by atomic mass is 79.9. The van der Waals surface area contributed by atoms with Gasteiger partial charge in [0.1, 0.15) is 5.82 Å². The van der Waals surface area contributed by atoms with Gasteiger partial charge in [-0.2, -0.15) is 0 Å². The lowest BCUT2D eigenvalue weighted by molar-refractivity contribution is 0.102. The number of carbonyl (C=O) groups is 1. The van der Waals surface area contributed by atoms with E-state index < -0.39 is 11.7 Å². The van der Waals surface area contributed by atoms with E-state index in [0.717, 1.165) is 6.07 Å². The Morgan fingerprint density at radius 2 is 2.22 bits per heavy atom. The maximum atomic E-state index is 13.1. The average Bonchev–Trinajstić information content (AvgIpc) is 2.69. The molecule has 0 bridgehead atoms. The number of nitrogens with one attached hydrogen (secondary N) is 1. The Morgan fingerprint density at radius 1 is 1.50 bits per heavy atom. The second kappa shape index (κ2) is 4.77. The van der Waals surface area contributed by atoms with Gasteiger partial charge in [-0.05, 0) is 35.0 Å². The van der Waals surface area contributed by atoms with Gasteiger partial charge in [0.05, 0.1) is 16.9 Å². The van der Waals surface area contributed by atoms with E-state index in [0.29, 0.717) is 10.2 Å². The van der Waals surface area contributed by atoms with Gasteiger partial charge in [-0.3, -0.25) is 10.1 Å². The molecule has 0 radical (unpaired) electrons. The molecule has 18 heavy (non-hydrogen) atoms. The van der Waals surface area contributed by atoms with Crippen LogP contribution in [0.3, 0.4) is 0 Å². The predicted molar refractivity (Wildman–Crippen MR) is 67.7 cm³/mol. The summed E-state index contributed by atoms with van der Waals surface area (Å²) in [7, 11) is 0. The lowest BCUT2D eigenvalue weighted by atomic mass is 10.2. The number of nitrogens with zero attached hydrogens (tertiary/aromatic N) is 1. The van der Waals surface area contributed by atoms with Gasteiger partial charge in [-0.25, -0.2) is 4.39 Å². The quantitative estimate of drug-likeness (QED) is 0.835. The van der Waals surface area contributed by atoms with Gasteiger partial charge in [-0.15, -0.1) is 0 Å². The molecule has 0 fully saturated rings. The van der Waals surface area contributed by atoms with Crippen LogP contribution in [0.4, 0.5) is 16.0 Å². The summed E-state index contributed by atoms with van der Waals surface area (Å²) in [4.78, 5) is 11.9. The van der Waals surface area contributed by atoms with Crippen LogP contribution in [0.2, 0.25) is 0 Å². The fraction of sp³-hybridized carbons (Fsp3) is 0.0909. The first-order valence-electron chi connectivity index (χ1n) is 4.96. The molecular formula is C11H9BrFN3O2. The number of nitrogen functional groups attached to an aromatic ring is 1. The summed E-state index contributed by atoms with van der Waals surface area (Å²) in [5, 5.41) is 6.12. The third-order valence-electron chi connectivity index (χ3n) is 2.20. The Labute approximate surface area is 110 Å². The fourth-order valence-electron chi connectivity index (χ4n) is 1.34. The molecule has 2 rings (SSSR count). The minimum absolute atomic E-state index is 0.0999. The number of nitrogens with two attached hydrogens (primary N) is 1. The molecule has 1 aromatic carbocycles. The molecule has 0 aliphatic heterocycles. The Hall–Kier alpha value is -1.89. The van der Waals surface area contributed by atoms with Crippen LogP contribution in [0.1, 0.15) is 16.1 Å². The number of rotatable bonds is 2. The Bertz CT molecular complexity index is 612. The molecule has 0 aliphatic rings. The number of aromatic nitrogens is 1. The highest BCUT2D eigenvalue weighted by Crippen LogP contribution is 2.23. The molecule has 0 aliphatic carbocycles. The van der Waals surface area contributed by atoms with E-state index in [-0.39, 0.29) is 17.1 Å². The van der Waals surface area contributed by atoms with E-state index in [2.05, 4.69) is 26.4 Å².